The first kappa shape index (κ1) is 19.2. The van der Waals surface area contributed by atoms with Crippen molar-refractivity contribution in [1.29, 1.82) is 0 Å². The number of hydrogen-bond acceptors (Lipinski definition) is 2. The van der Waals surface area contributed by atoms with Gasteiger partial charge in [0, 0.05) is 6.08 Å². The Morgan fingerprint density at radius 3 is 2.44 bits per heavy atom. The van der Waals surface area contributed by atoms with Crippen LogP contribution in [0.5, 0.6) is 0 Å². The molecule has 1 aliphatic carbocycles. The SMILES string of the molecule is COC(=O)/C=C/C1=C(CCCc2ccccc2)CC(c2ccccc2)CC1. The fraction of sp³-hybridized carbons (Fsp3) is 0.320. The summed E-state index contributed by atoms with van der Waals surface area (Å²) in [6.07, 6.45) is 10.1. The van der Waals surface area contributed by atoms with E-state index in [-0.39, 0.29) is 5.97 Å². The van der Waals surface area contributed by atoms with Crippen molar-refractivity contribution in [2.75, 3.05) is 7.11 Å². The van der Waals surface area contributed by atoms with Crippen LogP contribution in [0.4, 0.5) is 0 Å². The van der Waals surface area contributed by atoms with Gasteiger partial charge in [-0.05, 0) is 61.1 Å². The number of hydrogen-bond donors (Lipinski definition) is 0. The van der Waals surface area contributed by atoms with E-state index in [1.165, 1.54) is 29.4 Å². The van der Waals surface area contributed by atoms with Gasteiger partial charge in [-0.3, -0.25) is 0 Å². The number of methoxy groups -OCH3 is 1. The minimum absolute atomic E-state index is 0.281. The average Bonchev–Trinajstić information content (AvgIpc) is 2.74. The Balaban J connectivity index is 1.71. The van der Waals surface area contributed by atoms with Crippen molar-refractivity contribution in [2.45, 2.75) is 44.4 Å². The summed E-state index contributed by atoms with van der Waals surface area (Å²) >= 11 is 0. The molecule has 0 fully saturated rings. The normalized spacial score (nSPS) is 17.3. The quantitative estimate of drug-likeness (QED) is 0.447. The van der Waals surface area contributed by atoms with Crippen LogP contribution in [0.25, 0.3) is 0 Å². The summed E-state index contributed by atoms with van der Waals surface area (Å²) in [5.74, 6) is 0.296. The van der Waals surface area contributed by atoms with Crippen LogP contribution < -0.4 is 0 Å². The second-order valence-corrected chi connectivity index (χ2v) is 7.17. The molecule has 2 aromatic carbocycles. The van der Waals surface area contributed by atoms with Crippen LogP contribution in [0, 0.1) is 0 Å². The molecule has 2 aromatic rings. The predicted octanol–water partition coefficient (Wildman–Crippen LogP) is 6.00. The molecule has 0 saturated heterocycles. The molecule has 27 heavy (non-hydrogen) atoms. The van der Waals surface area contributed by atoms with Gasteiger partial charge in [-0.1, -0.05) is 72.3 Å². The van der Waals surface area contributed by atoms with Gasteiger partial charge in [0.1, 0.15) is 0 Å². The molecule has 1 aliphatic rings. The molecule has 0 amide bonds. The van der Waals surface area contributed by atoms with Gasteiger partial charge in [-0.15, -0.1) is 0 Å². The summed E-state index contributed by atoms with van der Waals surface area (Å²) in [6, 6.07) is 21.5. The highest BCUT2D eigenvalue weighted by Gasteiger charge is 2.21. The molecule has 140 valence electrons. The van der Waals surface area contributed by atoms with Crippen molar-refractivity contribution in [3.8, 4) is 0 Å². The standard InChI is InChI=1S/C25H28O2/c1-27-25(26)18-17-22-15-16-24(21-12-6-3-7-13-21)19-23(22)14-8-11-20-9-4-2-5-10-20/h2-7,9-10,12-13,17-18,24H,8,11,14-16,19H2,1H3/b18-17+. The maximum atomic E-state index is 11.5. The zero-order valence-electron chi connectivity index (χ0n) is 16.1. The molecule has 0 N–H and O–H groups in total. The van der Waals surface area contributed by atoms with E-state index in [1.807, 2.05) is 6.08 Å². The maximum Gasteiger partial charge on any atom is 0.330 e. The summed E-state index contributed by atoms with van der Waals surface area (Å²) < 4.78 is 4.76. The maximum absolute atomic E-state index is 11.5. The number of esters is 1. The molecule has 0 saturated carbocycles. The third kappa shape index (κ3) is 5.68. The van der Waals surface area contributed by atoms with Crippen LogP contribution in [0.3, 0.4) is 0 Å². The first-order chi connectivity index (χ1) is 13.3. The van der Waals surface area contributed by atoms with Crippen LogP contribution in [-0.2, 0) is 16.0 Å². The fourth-order valence-electron chi connectivity index (χ4n) is 3.90. The molecule has 0 radical (unpaired) electrons. The van der Waals surface area contributed by atoms with E-state index in [1.54, 1.807) is 6.08 Å². The minimum atomic E-state index is -0.281. The lowest BCUT2D eigenvalue weighted by molar-refractivity contribution is -0.134. The van der Waals surface area contributed by atoms with Gasteiger partial charge in [0.15, 0.2) is 0 Å². The lowest BCUT2D eigenvalue weighted by Crippen LogP contribution is -2.09. The molecule has 2 heteroatoms. The Bertz CT molecular complexity index is 788. The summed E-state index contributed by atoms with van der Waals surface area (Å²) in [5, 5.41) is 0. The van der Waals surface area contributed by atoms with E-state index < -0.39 is 0 Å². The smallest absolute Gasteiger partial charge is 0.330 e. The van der Waals surface area contributed by atoms with Crippen molar-refractivity contribution in [3.05, 3.63) is 95.1 Å². The Morgan fingerprint density at radius 1 is 1.04 bits per heavy atom. The Labute approximate surface area is 162 Å². The number of aryl methyl sites for hydroxylation is 1. The molecule has 0 spiro atoms. The number of carbonyl (C=O) groups is 1. The minimum Gasteiger partial charge on any atom is -0.466 e. The highest BCUT2D eigenvalue weighted by atomic mass is 16.5. The van der Waals surface area contributed by atoms with Crippen LogP contribution in [0.1, 0.15) is 49.1 Å². The van der Waals surface area contributed by atoms with Gasteiger partial charge in [0.05, 0.1) is 7.11 Å². The Kier molecular flexibility index (Phi) is 7.04. The highest BCUT2D eigenvalue weighted by molar-refractivity contribution is 5.82. The molecule has 0 aromatic heterocycles. The molecule has 0 heterocycles. The number of carbonyl (C=O) groups excluding carboxylic acids is 1. The van der Waals surface area contributed by atoms with Crippen LogP contribution in [0.2, 0.25) is 0 Å². The molecule has 3 rings (SSSR count). The van der Waals surface area contributed by atoms with E-state index in [9.17, 15) is 4.79 Å². The second-order valence-electron chi connectivity index (χ2n) is 7.17. The van der Waals surface area contributed by atoms with Gasteiger partial charge in [-0.25, -0.2) is 4.79 Å². The van der Waals surface area contributed by atoms with Crippen LogP contribution >= 0.6 is 0 Å². The zero-order valence-corrected chi connectivity index (χ0v) is 16.1. The zero-order chi connectivity index (χ0) is 18.9. The van der Waals surface area contributed by atoms with E-state index in [0.717, 1.165) is 38.5 Å². The molecular formula is C25H28O2. The fourth-order valence-corrected chi connectivity index (χ4v) is 3.90. The van der Waals surface area contributed by atoms with Gasteiger partial charge in [-0.2, -0.15) is 0 Å². The van der Waals surface area contributed by atoms with Crippen LogP contribution in [0.15, 0.2) is 84.0 Å². The number of allylic oxidation sites excluding steroid dienone is 3. The van der Waals surface area contributed by atoms with E-state index in [0.29, 0.717) is 5.92 Å². The van der Waals surface area contributed by atoms with Crippen molar-refractivity contribution < 1.29 is 9.53 Å². The van der Waals surface area contributed by atoms with Crippen LogP contribution in [-0.4, -0.2) is 13.1 Å². The summed E-state index contributed by atoms with van der Waals surface area (Å²) in [5.41, 5.74) is 5.63. The van der Waals surface area contributed by atoms with Crippen molar-refractivity contribution in [1.82, 2.24) is 0 Å². The molecule has 0 bridgehead atoms. The first-order valence-corrected chi connectivity index (χ1v) is 9.82. The van der Waals surface area contributed by atoms with E-state index in [2.05, 4.69) is 60.7 Å². The highest BCUT2D eigenvalue weighted by Crippen LogP contribution is 2.38. The van der Waals surface area contributed by atoms with Crippen molar-refractivity contribution >= 4 is 5.97 Å². The summed E-state index contributed by atoms with van der Waals surface area (Å²) in [6.45, 7) is 0. The molecule has 1 atom stereocenters. The molecule has 2 nitrogen and oxygen atoms in total. The Hall–Kier alpha value is -2.61. The van der Waals surface area contributed by atoms with E-state index >= 15 is 0 Å². The molecule has 0 aliphatic heterocycles. The third-order valence-electron chi connectivity index (χ3n) is 5.39. The predicted molar refractivity (Wildman–Crippen MR) is 111 cm³/mol. The monoisotopic (exact) mass is 360 g/mol. The van der Waals surface area contributed by atoms with Crippen molar-refractivity contribution in [2.24, 2.45) is 0 Å². The summed E-state index contributed by atoms with van der Waals surface area (Å²) in [7, 11) is 1.42. The summed E-state index contributed by atoms with van der Waals surface area (Å²) in [4.78, 5) is 11.5. The largest absolute Gasteiger partial charge is 0.466 e. The second kappa shape index (κ2) is 9.91. The van der Waals surface area contributed by atoms with Crippen molar-refractivity contribution in [3.63, 3.8) is 0 Å². The number of benzene rings is 2. The number of ether oxygens (including phenoxy) is 1. The third-order valence-corrected chi connectivity index (χ3v) is 5.39. The van der Waals surface area contributed by atoms with Gasteiger partial charge in [0.25, 0.3) is 0 Å². The Morgan fingerprint density at radius 2 is 1.74 bits per heavy atom. The van der Waals surface area contributed by atoms with Gasteiger partial charge >= 0.3 is 5.97 Å². The lowest BCUT2D eigenvalue weighted by Gasteiger charge is -2.27. The topological polar surface area (TPSA) is 26.3 Å². The lowest BCUT2D eigenvalue weighted by atomic mass is 9.78. The van der Waals surface area contributed by atoms with Gasteiger partial charge in [0.2, 0.25) is 0 Å². The van der Waals surface area contributed by atoms with E-state index in [4.69, 9.17) is 4.74 Å². The van der Waals surface area contributed by atoms with Gasteiger partial charge < -0.3 is 4.74 Å². The number of rotatable bonds is 7. The molecule has 1 unspecified atom stereocenters. The molecular weight excluding hydrogens is 332 g/mol. The first-order valence-electron chi connectivity index (χ1n) is 9.82. The average molecular weight is 360 g/mol.